The zero-order valence-corrected chi connectivity index (χ0v) is 20.3. The predicted octanol–water partition coefficient (Wildman–Crippen LogP) is 3.79. The average Bonchev–Trinajstić information content (AvgIpc) is 3.46. The molecule has 6 rings (SSSR count). The van der Waals surface area contributed by atoms with Crippen LogP contribution in [-0.4, -0.2) is 55.1 Å². The maximum absolute atomic E-state index is 14.5. The molecule has 186 valence electrons. The van der Waals surface area contributed by atoms with E-state index in [4.69, 9.17) is 0 Å². The van der Waals surface area contributed by atoms with Crippen LogP contribution in [0.4, 0.5) is 14.7 Å². The number of fused-ring (bicyclic) bond motifs is 1. The standard InChI is InChI=1S/C25H19F2N7O2S/c1-33(25(9-14(26)10-25)20-18(27)7-4-8-28-20)24-30-12-19(31-32-24)21-29-11-15(37-21)13-34-22(35)16-5-2-3-6-17(16)23(34)36/h2-8,11-12,14H,9-10,13H2,1H3/t14-,25-. The van der Waals surface area contributed by atoms with Gasteiger partial charge < -0.3 is 4.90 Å². The smallest absolute Gasteiger partial charge is 0.261 e. The minimum Gasteiger partial charge on any atom is -0.331 e. The first-order valence-corrected chi connectivity index (χ1v) is 12.3. The van der Waals surface area contributed by atoms with Crippen molar-refractivity contribution in [2.45, 2.75) is 31.1 Å². The van der Waals surface area contributed by atoms with Crippen molar-refractivity contribution in [3.8, 4) is 10.7 Å². The van der Waals surface area contributed by atoms with E-state index in [1.165, 1.54) is 40.8 Å². The van der Waals surface area contributed by atoms with Crippen LogP contribution in [0.3, 0.4) is 0 Å². The first-order chi connectivity index (χ1) is 17.9. The Bertz CT molecular complexity index is 1490. The molecule has 12 heteroatoms. The number of carbonyl (C=O) groups is 2. The van der Waals surface area contributed by atoms with Gasteiger partial charge in [-0.05, 0) is 24.3 Å². The molecule has 1 aliphatic carbocycles. The summed E-state index contributed by atoms with van der Waals surface area (Å²) in [7, 11) is 1.67. The highest BCUT2D eigenvalue weighted by molar-refractivity contribution is 7.15. The van der Waals surface area contributed by atoms with E-state index in [0.717, 1.165) is 0 Å². The number of thiazole rings is 1. The SMILES string of the molecule is CN(c1ncc(-c2ncc(CN3C(=O)c4ccccc4C3=O)s2)nn1)[C@]1(c2ncccc2F)C[C@@H](F)C1. The van der Waals surface area contributed by atoms with E-state index in [1.54, 1.807) is 42.4 Å². The molecular weight excluding hydrogens is 500 g/mol. The van der Waals surface area contributed by atoms with Crippen molar-refractivity contribution in [2.75, 3.05) is 11.9 Å². The van der Waals surface area contributed by atoms with E-state index in [2.05, 4.69) is 25.1 Å². The Morgan fingerprint density at radius 2 is 1.76 bits per heavy atom. The molecule has 1 aliphatic heterocycles. The summed E-state index contributed by atoms with van der Waals surface area (Å²) in [4.78, 5) is 41.7. The molecule has 37 heavy (non-hydrogen) atoms. The molecule has 0 N–H and O–H groups in total. The third-order valence-electron chi connectivity index (χ3n) is 6.77. The molecule has 0 atom stereocenters. The summed E-state index contributed by atoms with van der Waals surface area (Å²) in [6, 6.07) is 9.51. The van der Waals surface area contributed by atoms with Gasteiger partial charge in [0.05, 0.1) is 29.4 Å². The summed E-state index contributed by atoms with van der Waals surface area (Å²) in [5.41, 5.74) is 0.318. The number of benzene rings is 1. The van der Waals surface area contributed by atoms with Gasteiger partial charge in [0.15, 0.2) is 0 Å². The van der Waals surface area contributed by atoms with E-state index in [-0.39, 0.29) is 42.8 Å². The molecule has 0 saturated heterocycles. The molecule has 3 aromatic heterocycles. The van der Waals surface area contributed by atoms with Crippen LogP contribution in [0.5, 0.6) is 0 Å². The van der Waals surface area contributed by atoms with Crippen LogP contribution in [0, 0.1) is 5.82 Å². The lowest BCUT2D eigenvalue weighted by molar-refractivity contribution is 0.0643. The van der Waals surface area contributed by atoms with Gasteiger partial charge in [-0.3, -0.25) is 19.5 Å². The largest absolute Gasteiger partial charge is 0.331 e. The molecule has 4 heterocycles. The molecule has 1 saturated carbocycles. The minimum atomic E-state index is -1.08. The third kappa shape index (κ3) is 3.75. The van der Waals surface area contributed by atoms with E-state index < -0.39 is 17.5 Å². The normalized spacial score (nSPS) is 20.6. The number of aromatic nitrogens is 5. The van der Waals surface area contributed by atoms with Crippen LogP contribution in [0.25, 0.3) is 10.7 Å². The number of amides is 2. The van der Waals surface area contributed by atoms with Crippen molar-refractivity contribution in [3.05, 3.63) is 82.5 Å². The Morgan fingerprint density at radius 3 is 2.38 bits per heavy atom. The lowest BCUT2D eigenvalue weighted by atomic mass is 9.71. The summed E-state index contributed by atoms with van der Waals surface area (Å²) >= 11 is 1.27. The fourth-order valence-corrected chi connectivity index (χ4v) is 5.63. The minimum absolute atomic E-state index is 0.0657. The van der Waals surface area contributed by atoms with Gasteiger partial charge in [0.2, 0.25) is 5.95 Å². The van der Waals surface area contributed by atoms with E-state index in [1.807, 2.05) is 0 Å². The van der Waals surface area contributed by atoms with Gasteiger partial charge in [-0.15, -0.1) is 21.5 Å². The highest BCUT2D eigenvalue weighted by Crippen LogP contribution is 2.48. The number of anilines is 1. The maximum Gasteiger partial charge on any atom is 0.261 e. The van der Waals surface area contributed by atoms with Gasteiger partial charge in [0.1, 0.15) is 28.4 Å². The molecule has 0 unspecified atom stereocenters. The number of halogens is 2. The van der Waals surface area contributed by atoms with Gasteiger partial charge in [0, 0.05) is 37.2 Å². The molecule has 1 aromatic carbocycles. The second kappa shape index (κ2) is 8.73. The fraction of sp³-hybridized carbons (Fsp3) is 0.240. The molecule has 4 aromatic rings. The molecule has 0 spiro atoms. The average molecular weight is 520 g/mol. The number of hydrogen-bond acceptors (Lipinski definition) is 9. The number of carbonyl (C=O) groups excluding carboxylic acids is 2. The Labute approximate surface area is 213 Å². The quantitative estimate of drug-likeness (QED) is 0.355. The summed E-state index contributed by atoms with van der Waals surface area (Å²) < 4.78 is 28.5. The van der Waals surface area contributed by atoms with Crippen LogP contribution in [0.1, 0.15) is 44.1 Å². The third-order valence-corrected chi connectivity index (χ3v) is 7.78. The molecule has 0 radical (unpaired) electrons. The topological polar surface area (TPSA) is 105 Å². The van der Waals surface area contributed by atoms with Crippen LogP contribution in [-0.2, 0) is 12.1 Å². The zero-order valence-electron chi connectivity index (χ0n) is 19.5. The van der Waals surface area contributed by atoms with Crippen LogP contribution in [0.2, 0.25) is 0 Å². The first kappa shape index (κ1) is 23.2. The number of alkyl halides is 1. The van der Waals surface area contributed by atoms with Crippen molar-refractivity contribution in [1.29, 1.82) is 0 Å². The summed E-state index contributed by atoms with van der Waals surface area (Å²) in [6.45, 7) is 0.0915. The molecule has 0 bridgehead atoms. The number of pyridine rings is 1. The van der Waals surface area contributed by atoms with Crippen LogP contribution >= 0.6 is 11.3 Å². The fourth-order valence-electron chi connectivity index (χ4n) is 4.78. The monoisotopic (exact) mass is 519 g/mol. The highest BCUT2D eigenvalue weighted by atomic mass is 32.1. The van der Waals surface area contributed by atoms with Gasteiger partial charge >= 0.3 is 0 Å². The summed E-state index contributed by atoms with van der Waals surface area (Å²) in [6.07, 6.45) is 3.60. The van der Waals surface area contributed by atoms with Crippen LogP contribution in [0.15, 0.2) is 55.0 Å². The predicted molar refractivity (Wildman–Crippen MR) is 130 cm³/mol. The first-order valence-electron chi connectivity index (χ1n) is 11.5. The molecule has 2 aliphatic rings. The lowest BCUT2D eigenvalue weighted by Crippen LogP contribution is -2.56. The Morgan fingerprint density at radius 1 is 1.03 bits per heavy atom. The van der Waals surface area contributed by atoms with Gasteiger partial charge in [-0.25, -0.2) is 18.7 Å². The molecular formula is C25H19F2N7O2S. The van der Waals surface area contributed by atoms with Gasteiger partial charge in [0.25, 0.3) is 11.8 Å². The highest BCUT2D eigenvalue weighted by Gasteiger charge is 2.52. The van der Waals surface area contributed by atoms with Crippen molar-refractivity contribution in [2.24, 2.45) is 0 Å². The second-order valence-electron chi connectivity index (χ2n) is 8.95. The van der Waals surface area contributed by atoms with Crippen molar-refractivity contribution in [3.63, 3.8) is 0 Å². The van der Waals surface area contributed by atoms with Gasteiger partial charge in [-0.1, -0.05) is 12.1 Å². The summed E-state index contributed by atoms with van der Waals surface area (Å²) in [5.74, 6) is -0.994. The molecule has 2 amide bonds. The molecule has 9 nitrogen and oxygen atoms in total. The van der Waals surface area contributed by atoms with Crippen molar-refractivity contribution in [1.82, 2.24) is 30.0 Å². The van der Waals surface area contributed by atoms with Crippen molar-refractivity contribution < 1.29 is 18.4 Å². The number of hydrogen-bond donors (Lipinski definition) is 0. The Balaban J connectivity index is 1.20. The number of rotatable bonds is 6. The summed E-state index contributed by atoms with van der Waals surface area (Å²) in [5, 5.41) is 8.92. The van der Waals surface area contributed by atoms with Gasteiger partial charge in [-0.2, -0.15) is 0 Å². The van der Waals surface area contributed by atoms with Crippen LogP contribution < -0.4 is 4.90 Å². The van der Waals surface area contributed by atoms with Crippen molar-refractivity contribution >= 4 is 29.1 Å². The number of nitrogens with zero attached hydrogens (tertiary/aromatic N) is 7. The van der Waals surface area contributed by atoms with E-state index >= 15 is 0 Å². The lowest BCUT2D eigenvalue weighted by Gasteiger charge is -2.49. The maximum atomic E-state index is 14.5. The second-order valence-corrected chi connectivity index (χ2v) is 10.1. The number of imide groups is 1. The van der Waals surface area contributed by atoms with E-state index in [0.29, 0.717) is 26.7 Å². The molecule has 1 fully saturated rings. The van der Waals surface area contributed by atoms with E-state index in [9.17, 15) is 18.4 Å². The Kier molecular flexibility index (Phi) is 5.48. The zero-order chi connectivity index (χ0) is 25.7. The Hall–Kier alpha value is -4.19.